The zero-order chi connectivity index (χ0) is 13.1. The Morgan fingerprint density at radius 2 is 2.17 bits per heavy atom. The van der Waals surface area contributed by atoms with Gasteiger partial charge < -0.3 is 9.47 Å². The van der Waals surface area contributed by atoms with Crippen molar-refractivity contribution in [2.75, 3.05) is 7.11 Å². The summed E-state index contributed by atoms with van der Waals surface area (Å²) in [5, 5.41) is 0.156. The fourth-order valence-electron chi connectivity index (χ4n) is 2.15. The predicted octanol–water partition coefficient (Wildman–Crippen LogP) is 3.19. The maximum absolute atomic E-state index is 11.6. The third kappa shape index (κ3) is 2.80. The van der Waals surface area contributed by atoms with Crippen molar-refractivity contribution < 1.29 is 14.3 Å². The van der Waals surface area contributed by atoms with Crippen LogP contribution in [0.5, 0.6) is 5.75 Å². The molecule has 0 aromatic heterocycles. The Morgan fingerprint density at radius 3 is 2.78 bits per heavy atom. The number of para-hydroxylation sites is 1. The van der Waals surface area contributed by atoms with E-state index in [9.17, 15) is 4.79 Å². The van der Waals surface area contributed by atoms with Gasteiger partial charge >= 0.3 is 5.97 Å². The minimum atomic E-state index is -0.0887. The second kappa shape index (κ2) is 5.65. The summed E-state index contributed by atoms with van der Waals surface area (Å²) in [6.45, 7) is 4.03. The number of carbonyl (C=O) groups excluding carboxylic acids is 1. The molecule has 1 aliphatic heterocycles. The fraction of sp³-hybridized carbons (Fsp3) is 0.500. The van der Waals surface area contributed by atoms with E-state index < -0.39 is 0 Å². The first-order chi connectivity index (χ1) is 8.61. The van der Waals surface area contributed by atoms with Crippen LogP contribution in [0.1, 0.15) is 31.1 Å². The molecule has 1 aromatic rings. The van der Waals surface area contributed by atoms with E-state index in [2.05, 4.69) is 6.92 Å². The van der Waals surface area contributed by atoms with Gasteiger partial charge in [0.05, 0.1) is 7.11 Å². The molecule has 1 aliphatic rings. The highest BCUT2D eigenvalue weighted by Gasteiger charge is 2.34. The zero-order valence-electron chi connectivity index (χ0n) is 10.9. The van der Waals surface area contributed by atoms with Crippen LogP contribution in [-0.4, -0.2) is 24.4 Å². The molecule has 1 heterocycles. The zero-order valence-corrected chi connectivity index (χ0v) is 11.7. The molecule has 0 N–H and O–H groups in total. The third-order valence-electron chi connectivity index (χ3n) is 3.07. The lowest BCUT2D eigenvalue weighted by atomic mass is 10.1. The van der Waals surface area contributed by atoms with Crippen molar-refractivity contribution in [1.29, 1.82) is 0 Å². The Hall–Kier alpha value is -1.16. The highest BCUT2D eigenvalue weighted by Crippen LogP contribution is 2.40. The number of benzene rings is 1. The van der Waals surface area contributed by atoms with Crippen molar-refractivity contribution in [1.82, 2.24) is 0 Å². The number of hydrogen-bond acceptors (Lipinski definition) is 4. The van der Waals surface area contributed by atoms with Crippen LogP contribution in [0.2, 0.25) is 0 Å². The molecule has 0 spiro atoms. The van der Waals surface area contributed by atoms with E-state index in [1.54, 1.807) is 18.9 Å². The van der Waals surface area contributed by atoms with E-state index in [-0.39, 0.29) is 22.6 Å². The Bertz CT molecular complexity index is 433. The number of methoxy groups -OCH3 is 1. The van der Waals surface area contributed by atoms with Gasteiger partial charge in [0.2, 0.25) is 0 Å². The van der Waals surface area contributed by atoms with Crippen LogP contribution in [0.4, 0.5) is 0 Å². The van der Waals surface area contributed by atoms with E-state index >= 15 is 0 Å². The molecule has 3 atom stereocenters. The van der Waals surface area contributed by atoms with Crippen LogP contribution in [0.15, 0.2) is 24.3 Å². The molecular weight excluding hydrogens is 248 g/mol. The van der Waals surface area contributed by atoms with Gasteiger partial charge in [0.1, 0.15) is 17.1 Å². The first-order valence-corrected chi connectivity index (χ1v) is 7.05. The van der Waals surface area contributed by atoms with E-state index in [1.807, 2.05) is 31.2 Å². The minimum Gasteiger partial charge on any atom is -0.496 e. The van der Waals surface area contributed by atoms with Gasteiger partial charge in [-0.15, -0.1) is 11.8 Å². The van der Waals surface area contributed by atoms with Crippen LogP contribution < -0.4 is 4.74 Å². The molecular formula is C14H18O3S. The first-order valence-electron chi connectivity index (χ1n) is 6.10. The number of cyclic esters (lactones) is 1. The average Bonchev–Trinajstić information content (AvgIpc) is 2.67. The molecule has 3 nitrogen and oxygen atoms in total. The Balaban J connectivity index is 2.07. The van der Waals surface area contributed by atoms with Crippen molar-refractivity contribution in [3.05, 3.63) is 29.8 Å². The molecule has 0 aliphatic carbocycles. The molecule has 0 saturated carbocycles. The summed E-state index contributed by atoms with van der Waals surface area (Å²) in [4.78, 5) is 11.6. The number of esters is 1. The van der Waals surface area contributed by atoms with Crippen LogP contribution in [-0.2, 0) is 9.53 Å². The van der Waals surface area contributed by atoms with Gasteiger partial charge in [-0.3, -0.25) is 4.79 Å². The van der Waals surface area contributed by atoms with E-state index in [4.69, 9.17) is 9.47 Å². The summed E-state index contributed by atoms with van der Waals surface area (Å²) in [6, 6.07) is 7.93. The van der Waals surface area contributed by atoms with E-state index in [0.717, 1.165) is 17.7 Å². The normalized spacial score (nSPS) is 24.7. The lowest BCUT2D eigenvalue weighted by Crippen LogP contribution is -2.11. The fourth-order valence-corrected chi connectivity index (χ4v) is 3.54. The topological polar surface area (TPSA) is 35.5 Å². The van der Waals surface area contributed by atoms with Crippen LogP contribution in [0.3, 0.4) is 0 Å². The van der Waals surface area contributed by atoms with Gasteiger partial charge in [0.25, 0.3) is 0 Å². The first kappa shape index (κ1) is 13.3. The van der Waals surface area contributed by atoms with Crippen LogP contribution in [0.25, 0.3) is 0 Å². The molecule has 0 radical (unpaired) electrons. The van der Waals surface area contributed by atoms with Crippen molar-refractivity contribution >= 4 is 17.7 Å². The van der Waals surface area contributed by atoms with Gasteiger partial charge in [0.15, 0.2) is 0 Å². The Labute approximate surface area is 112 Å². The lowest BCUT2D eigenvalue weighted by Gasteiger charge is -2.17. The maximum Gasteiger partial charge on any atom is 0.319 e. The minimum absolute atomic E-state index is 0.0415. The lowest BCUT2D eigenvalue weighted by molar-refractivity contribution is -0.140. The quantitative estimate of drug-likeness (QED) is 0.784. The second-order valence-electron chi connectivity index (χ2n) is 4.49. The summed E-state index contributed by atoms with van der Waals surface area (Å²) in [7, 11) is 1.67. The molecule has 2 rings (SSSR count). The summed E-state index contributed by atoms with van der Waals surface area (Å²) >= 11 is 1.65. The standard InChI is InChI=1S/C14H18O3S/c1-9-8-13(14(15)17-9)18-10(2)11-6-4-5-7-12(11)16-3/h4-7,9-10,13H,8H2,1-3H3/t9-,10+,13+/m1/s1. The number of thioether (sulfide) groups is 1. The van der Waals surface area contributed by atoms with E-state index in [0.29, 0.717) is 0 Å². The Kier molecular flexibility index (Phi) is 4.17. The Morgan fingerprint density at radius 1 is 1.44 bits per heavy atom. The van der Waals surface area contributed by atoms with Crippen molar-refractivity contribution in [3.63, 3.8) is 0 Å². The summed E-state index contributed by atoms with van der Waals surface area (Å²) in [5.74, 6) is 0.783. The van der Waals surface area contributed by atoms with Crippen molar-refractivity contribution in [2.45, 2.75) is 36.9 Å². The summed E-state index contributed by atoms with van der Waals surface area (Å²) < 4.78 is 10.5. The molecule has 0 bridgehead atoms. The van der Waals surface area contributed by atoms with E-state index in [1.165, 1.54) is 0 Å². The van der Waals surface area contributed by atoms with Gasteiger partial charge in [0, 0.05) is 17.2 Å². The largest absolute Gasteiger partial charge is 0.496 e. The molecule has 98 valence electrons. The SMILES string of the molecule is COc1ccccc1[C@H](C)S[C@H]1C[C@@H](C)OC1=O. The highest BCUT2D eigenvalue weighted by molar-refractivity contribution is 8.00. The van der Waals surface area contributed by atoms with Crippen LogP contribution >= 0.6 is 11.8 Å². The van der Waals surface area contributed by atoms with Crippen molar-refractivity contribution in [2.24, 2.45) is 0 Å². The third-order valence-corrected chi connectivity index (χ3v) is 4.45. The van der Waals surface area contributed by atoms with Gasteiger partial charge in [-0.2, -0.15) is 0 Å². The molecule has 0 unspecified atom stereocenters. The second-order valence-corrected chi connectivity index (χ2v) is 6.04. The number of carbonyl (C=O) groups is 1. The maximum atomic E-state index is 11.6. The molecule has 18 heavy (non-hydrogen) atoms. The van der Waals surface area contributed by atoms with Crippen LogP contribution in [0, 0.1) is 0 Å². The number of hydrogen-bond donors (Lipinski definition) is 0. The van der Waals surface area contributed by atoms with Gasteiger partial charge in [-0.25, -0.2) is 0 Å². The molecule has 1 saturated heterocycles. The molecule has 4 heteroatoms. The molecule has 0 amide bonds. The molecule has 1 fully saturated rings. The summed E-state index contributed by atoms with van der Waals surface area (Å²) in [5.41, 5.74) is 1.12. The molecule has 1 aromatic carbocycles. The smallest absolute Gasteiger partial charge is 0.319 e. The average molecular weight is 266 g/mol. The number of rotatable bonds is 4. The monoisotopic (exact) mass is 266 g/mol. The van der Waals surface area contributed by atoms with Gasteiger partial charge in [-0.1, -0.05) is 18.2 Å². The highest BCUT2D eigenvalue weighted by atomic mass is 32.2. The van der Waals surface area contributed by atoms with Gasteiger partial charge in [-0.05, 0) is 19.9 Å². The predicted molar refractivity (Wildman–Crippen MR) is 73.0 cm³/mol. The summed E-state index contributed by atoms with van der Waals surface area (Å²) in [6.07, 6.45) is 0.836. The van der Waals surface area contributed by atoms with Crippen molar-refractivity contribution in [3.8, 4) is 5.75 Å². The number of ether oxygens (including phenoxy) is 2.